The molecule has 0 spiro atoms. The number of nitrogen functional groups attached to an aromatic ring is 1. The van der Waals surface area contributed by atoms with Crippen molar-refractivity contribution in [1.29, 1.82) is 0 Å². The van der Waals surface area contributed by atoms with Crippen LogP contribution >= 0.6 is 0 Å². The number of carbonyl (C=O) groups excluding carboxylic acids is 1. The lowest BCUT2D eigenvalue weighted by molar-refractivity contribution is 0.0948. The van der Waals surface area contributed by atoms with Crippen LogP contribution in [0.5, 0.6) is 0 Å². The van der Waals surface area contributed by atoms with E-state index >= 15 is 0 Å². The van der Waals surface area contributed by atoms with Gasteiger partial charge in [0.2, 0.25) is 5.95 Å². The zero-order chi connectivity index (χ0) is 16.5. The molecule has 2 aromatic carbocycles. The molecule has 0 fully saturated rings. The van der Waals surface area contributed by atoms with Gasteiger partial charge in [-0.2, -0.15) is 9.67 Å². The maximum Gasteiger partial charge on any atom is 0.281 e. The van der Waals surface area contributed by atoms with E-state index < -0.39 is 0 Å². The smallest absolute Gasteiger partial charge is 0.281 e. The third-order valence-corrected chi connectivity index (χ3v) is 3.74. The van der Waals surface area contributed by atoms with E-state index in [1.807, 2.05) is 42.5 Å². The van der Waals surface area contributed by atoms with Gasteiger partial charge >= 0.3 is 0 Å². The summed E-state index contributed by atoms with van der Waals surface area (Å²) in [4.78, 5) is 20.9. The highest BCUT2D eigenvalue weighted by Crippen LogP contribution is 2.19. The average Bonchev–Trinajstić information content (AvgIpc) is 3.03. The molecule has 2 aromatic heterocycles. The number of nitrogens with zero attached hydrogens (tertiary/aromatic N) is 4. The van der Waals surface area contributed by atoms with E-state index in [9.17, 15) is 4.79 Å². The van der Waals surface area contributed by atoms with Crippen molar-refractivity contribution >= 4 is 22.6 Å². The Morgan fingerprint density at radius 3 is 2.62 bits per heavy atom. The summed E-state index contributed by atoms with van der Waals surface area (Å²) in [7, 11) is 0. The lowest BCUT2D eigenvalue weighted by atomic mass is 10.1. The Bertz CT molecular complexity index is 1040. The van der Waals surface area contributed by atoms with E-state index in [2.05, 4.69) is 15.1 Å². The first-order valence-corrected chi connectivity index (χ1v) is 7.39. The molecule has 0 unspecified atom stereocenters. The summed E-state index contributed by atoms with van der Waals surface area (Å²) < 4.78 is 1.12. The van der Waals surface area contributed by atoms with Crippen LogP contribution in [0.2, 0.25) is 0 Å². The van der Waals surface area contributed by atoms with E-state index in [0.29, 0.717) is 17.0 Å². The van der Waals surface area contributed by atoms with Gasteiger partial charge in [-0.3, -0.25) is 9.78 Å². The normalized spacial score (nSPS) is 10.8. The second-order valence-corrected chi connectivity index (χ2v) is 5.31. The first-order valence-electron chi connectivity index (χ1n) is 7.39. The summed E-state index contributed by atoms with van der Waals surface area (Å²) in [6.07, 6.45) is 3.28. The summed E-state index contributed by atoms with van der Waals surface area (Å²) in [5, 5.41) is 6.27. The zero-order valence-corrected chi connectivity index (χ0v) is 12.6. The Labute approximate surface area is 137 Å². The van der Waals surface area contributed by atoms with E-state index in [4.69, 9.17) is 5.73 Å². The van der Waals surface area contributed by atoms with Crippen LogP contribution in [0.15, 0.2) is 67.0 Å². The number of fused-ring (bicyclic) bond motifs is 1. The molecule has 6 nitrogen and oxygen atoms in total. The van der Waals surface area contributed by atoms with Gasteiger partial charge in [0.15, 0.2) is 5.82 Å². The number of rotatable bonds is 2. The van der Waals surface area contributed by atoms with Crippen molar-refractivity contribution in [1.82, 2.24) is 19.7 Å². The summed E-state index contributed by atoms with van der Waals surface area (Å²) in [5.74, 6) is 0.0997. The van der Waals surface area contributed by atoms with Crippen molar-refractivity contribution in [3.05, 3.63) is 72.6 Å². The quantitative estimate of drug-likeness (QED) is 0.614. The van der Waals surface area contributed by atoms with E-state index in [-0.39, 0.29) is 11.9 Å². The number of hydrogen-bond donors (Lipinski definition) is 1. The molecule has 24 heavy (non-hydrogen) atoms. The zero-order valence-electron chi connectivity index (χ0n) is 12.6. The van der Waals surface area contributed by atoms with Gasteiger partial charge < -0.3 is 5.73 Å². The van der Waals surface area contributed by atoms with E-state index in [1.54, 1.807) is 24.5 Å². The van der Waals surface area contributed by atoms with Gasteiger partial charge in [0.25, 0.3) is 5.91 Å². The predicted molar refractivity (Wildman–Crippen MR) is 91.3 cm³/mol. The number of carbonyl (C=O) groups is 1. The largest absolute Gasteiger partial charge is 0.368 e. The molecule has 0 radical (unpaired) electrons. The Balaban J connectivity index is 1.75. The van der Waals surface area contributed by atoms with Crippen LogP contribution in [0.1, 0.15) is 10.4 Å². The molecular weight excluding hydrogens is 302 g/mol. The molecule has 0 aliphatic heterocycles. The number of benzene rings is 2. The molecule has 116 valence electrons. The van der Waals surface area contributed by atoms with Crippen LogP contribution in [-0.4, -0.2) is 25.7 Å². The minimum Gasteiger partial charge on any atom is -0.368 e. The van der Waals surface area contributed by atoms with Crippen LogP contribution in [0.4, 0.5) is 5.95 Å². The lowest BCUT2D eigenvalue weighted by Crippen LogP contribution is -2.16. The summed E-state index contributed by atoms with van der Waals surface area (Å²) >= 11 is 0. The minimum absolute atomic E-state index is 0.0482. The predicted octanol–water partition coefficient (Wildman–Crippen LogP) is 2.76. The summed E-state index contributed by atoms with van der Waals surface area (Å²) in [5.41, 5.74) is 7.08. The highest BCUT2D eigenvalue weighted by Gasteiger charge is 2.17. The monoisotopic (exact) mass is 315 g/mol. The first kappa shape index (κ1) is 14.1. The van der Waals surface area contributed by atoms with Crippen LogP contribution in [0, 0.1) is 0 Å². The first-order chi connectivity index (χ1) is 11.7. The van der Waals surface area contributed by atoms with Crippen LogP contribution in [-0.2, 0) is 0 Å². The highest BCUT2D eigenvalue weighted by molar-refractivity contribution is 6.00. The standard InChI is InChI=1S/C18H13N5O/c19-18-21-16(15-6-3-9-20-11-15)22-23(18)17(24)14-8-7-12-4-1-2-5-13(12)10-14/h1-11H,(H2,19,21,22). The van der Waals surface area contributed by atoms with Gasteiger partial charge in [-0.25, -0.2) is 0 Å². The third kappa shape index (κ3) is 2.40. The van der Waals surface area contributed by atoms with Crippen LogP contribution < -0.4 is 5.73 Å². The van der Waals surface area contributed by atoms with Gasteiger partial charge in [0.05, 0.1) is 0 Å². The molecule has 2 N–H and O–H groups in total. The van der Waals surface area contributed by atoms with E-state index in [1.165, 1.54) is 0 Å². The third-order valence-electron chi connectivity index (χ3n) is 3.74. The molecule has 0 aliphatic carbocycles. The molecular formula is C18H13N5O. The molecule has 0 bridgehead atoms. The average molecular weight is 315 g/mol. The number of pyridine rings is 1. The minimum atomic E-state index is -0.319. The van der Waals surface area contributed by atoms with Gasteiger partial charge in [0, 0.05) is 23.5 Å². The lowest BCUT2D eigenvalue weighted by Gasteiger charge is -2.03. The molecule has 0 saturated carbocycles. The molecule has 0 atom stereocenters. The SMILES string of the molecule is Nc1nc(-c2cccnc2)nn1C(=O)c1ccc2ccccc2c1. The van der Waals surface area contributed by atoms with Crippen molar-refractivity contribution in [2.45, 2.75) is 0 Å². The van der Waals surface area contributed by atoms with E-state index in [0.717, 1.165) is 15.5 Å². The Hall–Kier alpha value is -3.54. The van der Waals surface area contributed by atoms with Gasteiger partial charge in [0.1, 0.15) is 0 Å². The van der Waals surface area contributed by atoms with Crippen molar-refractivity contribution in [3.63, 3.8) is 0 Å². The fraction of sp³-hybridized carbons (Fsp3) is 0. The summed E-state index contributed by atoms with van der Waals surface area (Å²) in [6.45, 7) is 0. The molecule has 0 aliphatic rings. The second-order valence-electron chi connectivity index (χ2n) is 5.31. The van der Waals surface area contributed by atoms with Crippen LogP contribution in [0.3, 0.4) is 0 Å². The van der Waals surface area contributed by atoms with Crippen LogP contribution in [0.25, 0.3) is 22.2 Å². The maximum atomic E-state index is 12.7. The molecule has 4 rings (SSSR count). The number of aromatic nitrogens is 4. The van der Waals surface area contributed by atoms with Crippen molar-refractivity contribution < 1.29 is 4.79 Å². The Morgan fingerprint density at radius 2 is 1.83 bits per heavy atom. The van der Waals surface area contributed by atoms with Gasteiger partial charge in [-0.15, -0.1) is 5.10 Å². The maximum absolute atomic E-state index is 12.7. The van der Waals surface area contributed by atoms with Gasteiger partial charge in [-0.1, -0.05) is 30.3 Å². The fourth-order valence-electron chi connectivity index (χ4n) is 2.54. The van der Waals surface area contributed by atoms with Crippen molar-refractivity contribution in [2.24, 2.45) is 0 Å². The number of anilines is 1. The summed E-state index contributed by atoms with van der Waals surface area (Å²) in [6, 6.07) is 16.9. The van der Waals surface area contributed by atoms with Crippen molar-refractivity contribution in [3.8, 4) is 11.4 Å². The molecule has 0 saturated heterocycles. The van der Waals surface area contributed by atoms with Crippen molar-refractivity contribution in [2.75, 3.05) is 5.73 Å². The fourth-order valence-corrected chi connectivity index (χ4v) is 2.54. The molecule has 2 heterocycles. The second kappa shape index (κ2) is 5.58. The number of hydrogen-bond acceptors (Lipinski definition) is 5. The molecule has 0 amide bonds. The topological polar surface area (TPSA) is 86.7 Å². The molecule has 6 heteroatoms. The number of nitrogens with two attached hydrogens (primary N) is 1. The molecule has 4 aromatic rings. The van der Waals surface area contributed by atoms with Gasteiger partial charge in [-0.05, 0) is 35.0 Å². The Morgan fingerprint density at radius 1 is 1.00 bits per heavy atom. The Kier molecular flexibility index (Phi) is 3.28. The highest BCUT2D eigenvalue weighted by atomic mass is 16.2.